The molecule has 0 unspecified atom stereocenters. The highest BCUT2D eigenvalue weighted by atomic mass is 35.5. The number of sulfone groups is 1. The van der Waals surface area contributed by atoms with Gasteiger partial charge in [-0.1, -0.05) is 13.0 Å². The Hall–Kier alpha value is -1.94. The molecule has 2 heterocycles. The fourth-order valence-electron chi connectivity index (χ4n) is 3.28. The van der Waals surface area contributed by atoms with Gasteiger partial charge >= 0.3 is 5.97 Å². The molecule has 1 aliphatic rings. The van der Waals surface area contributed by atoms with Crippen molar-refractivity contribution in [1.82, 2.24) is 4.90 Å². The van der Waals surface area contributed by atoms with Gasteiger partial charge in [-0.05, 0) is 43.7 Å². The monoisotopic (exact) mass is 472 g/mol. The second-order valence-electron chi connectivity index (χ2n) is 6.80. The van der Waals surface area contributed by atoms with Crippen LogP contribution in [0.2, 0.25) is 0 Å². The molecular formula is C20H25ClN2O5S2. The number of likely N-dealkylation sites (N-methyl/N-ethyl adjacent to an activating group) is 1. The van der Waals surface area contributed by atoms with E-state index in [1.165, 1.54) is 29.5 Å². The number of hydrogen-bond donors (Lipinski definition) is 1. The maximum absolute atomic E-state index is 12.8. The van der Waals surface area contributed by atoms with E-state index in [0.29, 0.717) is 17.0 Å². The molecule has 0 saturated carbocycles. The van der Waals surface area contributed by atoms with E-state index in [1.807, 2.05) is 0 Å². The van der Waals surface area contributed by atoms with Crippen LogP contribution in [0, 0.1) is 0 Å². The molecule has 10 heteroatoms. The number of rotatable bonds is 6. The van der Waals surface area contributed by atoms with E-state index in [-0.39, 0.29) is 29.5 Å². The van der Waals surface area contributed by atoms with E-state index >= 15 is 0 Å². The third kappa shape index (κ3) is 5.21. The second-order valence-corrected chi connectivity index (χ2v) is 9.92. The van der Waals surface area contributed by atoms with Crippen molar-refractivity contribution < 1.29 is 22.7 Å². The number of fused-ring (bicyclic) bond motifs is 1. The van der Waals surface area contributed by atoms with Gasteiger partial charge in [0.05, 0.1) is 17.1 Å². The Kier molecular flexibility index (Phi) is 8.04. The van der Waals surface area contributed by atoms with Gasteiger partial charge in [-0.3, -0.25) is 9.69 Å². The number of nitrogens with one attached hydrogen (secondary N) is 1. The van der Waals surface area contributed by atoms with Crippen molar-refractivity contribution in [1.29, 1.82) is 0 Å². The van der Waals surface area contributed by atoms with Gasteiger partial charge < -0.3 is 10.1 Å². The number of halogens is 1. The predicted molar refractivity (Wildman–Crippen MR) is 120 cm³/mol. The number of amides is 1. The summed E-state index contributed by atoms with van der Waals surface area (Å²) >= 11 is 1.38. The largest absolute Gasteiger partial charge is 0.462 e. The van der Waals surface area contributed by atoms with Crippen LogP contribution in [0.3, 0.4) is 0 Å². The van der Waals surface area contributed by atoms with E-state index in [4.69, 9.17) is 4.74 Å². The fourth-order valence-corrected chi connectivity index (χ4v) is 5.22. The van der Waals surface area contributed by atoms with Gasteiger partial charge in [0.2, 0.25) is 0 Å². The normalized spacial score (nSPS) is 13.8. The van der Waals surface area contributed by atoms with E-state index in [2.05, 4.69) is 17.1 Å². The maximum atomic E-state index is 12.8. The first kappa shape index (κ1) is 24.3. The lowest BCUT2D eigenvalue weighted by molar-refractivity contribution is 0.0526. The molecule has 7 nitrogen and oxygen atoms in total. The van der Waals surface area contributed by atoms with E-state index in [9.17, 15) is 18.0 Å². The molecule has 1 amide bonds. The number of carbonyl (C=O) groups excluding carboxylic acids is 2. The van der Waals surface area contributed by atoms with Crippen molar-refractivity contribution in [2.24, 2.45) is 0 Å². The third-order valence-corrected chi connectivity index (χ3v) is 7.06. The zero-order valence-corrected chi connectivity index (χ0v) is 19.5. The molecule has 0 saturated heterocycles. The lowest BCUT2D eigenvalue weighted by atomic mass is 10.0. The van der Waals surface area contributed by atoms with Gasteiger partial charge in [-0.25, -0.2) is 13.2 Å². The van der Waals surface area contributed by atoms with Crippen molar-refractivity contribution in [2.75, 3.05) is 31.3 Å². The van der Waals surface area contributed by atoms with Gasteiger partial charge in [0.25, 0.3) is 5.91 Å². The average molecular weight is 473 g/mol. The zero-order valence-electron chi connectivity index (χ0n) is 17.1. The predicted octanol–water partition coefficient (Wildman–Crippen LogP) is 3.38. The van der Waals surface area contributed by atoms with E-state index in [0.717, 1.165) is 36.3 Å². The first-order valence-corrected chi connectivity index (χ1v) is 12.1. The quantitative estimate of drug-likeness (QED) is 0.648. The third-order valence-electron chi connectivity index (χ3n) is 4.81. The molecule has 0 radical (unpaired) electrons. The standard InChI is InChI=1S/C20H24N2O5S2.ClH/c1-4-22-10-9-15-16(12-22)28-19(17(15)20(24)27-5-2)21-18(23)13-7-6-8-14(11-13)29(3,25)26;/h6-8,11H,4-5,9-10,12H2,1-3H3,(H,21,23);1H. The zero-order chi connectivity index (χ0) is 21.2. The van der Waals surface area contributed by atoms with Crippen LogP contribution >= 0.6 is 23.7 Å². The Bertz CT molecular complexity index is 1050. The molecule has 3 rings (SSSR count). The summed E-state index contributed by atoms with van der Waals surface area (Å²) in [5.41, 5.74) is 1.55. The highest BCUT2D eigenvalue weighted by Crippen LogP contribution is 2.38. The molecule has 0 fully saturated rings. The number of carbonyl (C=O) groups is 2. The Morgan fingerprint density at radius 2 is 2.00 bits per heavy atom. The second kappa shape index (κ2) is 9.91. The first-order valence-electron chi connectivity index (χ1n) is 9.40. The lowest BCUT2D eigenvalue weighted by Crippen LogP contribution is -2.30. The van der Waals surface area contributed by atoms with Crippen molar-refractivity contribution in [3.63, 3.8) is 0 Å². The van der Waals surface area contributed by atoms with Crippen LogP contribution in [-0.2, 0) is 27.5 Å². The Labute approximate surface area is 186 Å². The van der Waals surface area contributed by atoms with Crippen LogP contribution in [-0.4, -0.2) is 51.1 Å². The number of esters is 1. The Morgan fingerprint density at radius 1 is 1.27 bits per heavy atom. The van der Waals surface area contributed by atoms with E-state index < -0.39 is 21.7 Å². The van der Waals surface area contributed by atoms with Gasteiger partial charge in [0, 0.05) is 29.8 Å². The van der Waals surface area contributed by atoms with E-state index in [1.54, 1.807) is 13.0 Å². The minimum absolute atomic E-state index is 0. The molecular weight excluding hydrogens is 448 g/mol. The Morgan fingerprint density at radius 3 is 2.63 bits per heavy atom. The number of nitrogens with zero attached hydrogens (tertiary/aromatic N) is 1. The Balaban J connectivity index is 0.00000320. The molecule has 1 aromatic carbocycles. The number of thiophene rings is 1. The van der Waals surface area contributed by atoms with Crippen LogP contribution in [0.25, 0.3) is 0 Å². The molecule has 30 heavy (non-hydrogen) atoms. The van der Waals surface area contributed by atoms with Crippen molar-refractivity contribution in [3.8, 4) is 0 Å². The number of anilines is 1. The summed E-state index contributed by atoms with van der Waals surface area (Å²) in [4.78, 5) is 28.8. The SMILES string of the molecule is CCOC(=O)c1c(NC(=O)c2cccc(S(C)(=O)=O)c2)sc2c1CCN(CC)C2.Cl. The summed E-state index contributed by atoms with van der Waals surface area (Å²) in [5, 5.41) is 3.25. The summed E-state index contributed by atoms with van der Waals surface area (Å²) in [5.74, 6) is -0.915. The van der Waals surface area contributed by atoms with Gasteiger partial charge in [0.15, 0.2) is 9.84 Å². The summed E-state index contributed by atoms with van der Waals surface area (Å²) < 4.78 is 28.8. The average Bonchev–Trinajstić information content (AvgIpc) is 3.04. The van der Waals surface area contributed by atoms with Gasteiger partial charge in [-0.2, -0.15) is 0 Å². The number of benzene rings is 1. The van der Waals surface area contributed by atoms with Crippen LogP contribution in [0.4, 0.5) is 5.00 Å². The van der Waals surface area contributed by atoms with Crippen molar-refractivity contribution in [2.45, 2.75) is 31.7 Å². The minimum atomic E-state index is -3.43. The van der Waals surface area contributed by atoms with Crippen LogP contribution in [0.5, 0.6) is 0 Å². The molecule has 1 aliphatic heterocycles. The molecule has 0 bridgehead atoms. The summed E-state index contributed by atoms with van der Waals surface area (Å²) in [7, 11) is -3.43. The van der Waals surface area contributed by atoms with Gasteiger partial charge in [0.1, 0.15) is 5.00 Å². The van der Waals surface area contributed by atoms with Crippen LogP contribution in [0.15, 0.2) is 29.2 Å². The summed E-state index contributed by atoms with van der Waals surface area (Å²) in [6.07, 6.45) is 1.81. The summed E-state index contributed by atoms with van der Waals surface area (Å²) in [6, 6.07) is 5.84. The first-order chi connectivity index (χ1) is 13.7. The molecule has 164 valence electrons. The number of ether oxygens (including phenoxy) is 1. The highest BCUT2D eigenvalue weighted by Gasteiger charge is 2.29. The smallest absolute Gasteiger partial charge is 0.341 e. The number of hydrogen-bond acceptors (Lipinski definition) is 7. The lowest BCUT2D eigenvalue weighted by Gasteiger charge is -2.25. The topological polar surface area (TPSA) is 92.8 Å². The minimum Gasteiger partial charge on any atom is -0.462 e. The molecule has 0 atom stereocenters. The molecule has 1 aromatic heterocycles. The molecule has 2 aromatic rings. The highest BCUT2D eigenvalue weighted by molar-refractivity contribution is 7.90. The van der Waals surface area contributed by atoms with Crippen molar-refractivity contribution >= 4 is 50.5 Å². The fraction of sp³-hybridized carbons (Fsp3) is 0.400. The van der Waals surface area contributed by atoms with Gasteiger partial charge in [-0.15, -0.1) is 23.7 Å². The molecule has 0 aliphatic carbocycles. The van der Waals surface area contributed by atoms with Crippen LogP contribution in [0.1, 0.15) is 45.0 Å². The van der Waals surface area contributed by atoms with Crippen LogP contribution < -0.4 is 5.32 Å². The molecule has 1 N–H and O–H groups in total. The van der Waals surface area contributed by atoms with Crippen molar-refractivity contribution in [3.05, 3.63) is 45.8 Å². The maximum Gasteiger partial charge on any atom is 0.341 e. The summed E-state index contributed by atoms with van der Waals surface area (Å²) in [6.45, 7) is 6.55. The molecule has 0 spiro atoms.